The number of aromatic nitrogens is 2. The molecule has 0 amide bonds. The van der Waals surface area contributed by atoms with Crippen LogP contribution in [-0.2, 0) is 0 Å². The average Bonchev–Trinajstić information content (AvgIpc) is 2.30. The van der Waals surface area contributed by atoms with Crippen LogP contribution in [0.1, 0.15) is 10.4 Å². The van der Waals surface area contributed by atoms with Gasteiger partial charge in [0.1, 0.15) is 0 Å². The van der Waals surface area contributed by atoms with Crippen molar-refractivity contribution < 1.29 is 9.90 Å². The van der Waals surface area contributed by atoms with E-state index in [-0.39, 0.29) is 11.3 Å². The Morgan fingerprint density at radius 2 is 2.12 bits per heavy atom. The van der Waals surface area contributed by atoms with Crippen LogP contribution in [-0.4, -0.2) is 21.0 Å². The second kappa shape index (κ2) is 3.98. The summed E-state index contributed by atoms with van der Waals surface area (Å²) in [6, 6.07) is 4.75. The minimum atomic E-state index is -1.05. The number of nitrogens with zero attached hydrogens (tertiary/aromatic N) is 2. The molecule has 0 radical (unpaired) electrons. The van der Waals surface area contributed by atoms with E-state index in [0.29, 0.717) is 11.3 Å². The zero-order valence-corrected chi connectivity index (χ0v) is 8.29. The summed E-state index contributed by atoms with van der Waals surface area (Å²) in [6.07, 6.45) is 4.67. The van der Waals surface area contributed by atoms with Gasteiger partial charge < -0.3 is 10.8 Å². The molecule has 80 valence electrons. The lowest BCUT2D eigenvalue weighted by Gasteiger charge is -2.04. The van der Waals surface area contributed by atoms with Gasteiger partial charge in [0.2, 0.25) is 0 Å². The number of nitrogens with two attached hydrogens (primary N) is 1. The monoisotopic (exact) mass is 215 g/mol. The van der Waals surface area contributed by atoms with E-state index in [1.165, 1.54) is 6.07 Å². The quantitative estimate of drug-likeness (QED) is 0.739. The van der Waals surface area contributed by atoms with Gasteiger partial charge in [-0.25, -0.2) is 4.79 Å². The van der Waals surface area contributed by atoms with Crippen molar-refractivity contribution in [3.8, 4) is 11.3 Å². The predicted octanol–water partition coefficient (Wildman–Crippen LogP) is 1.42. The first kappa shape index (κ1) is 10.1. The van der Waals surface area contributed by atoms with E-state index < -0.39 is 5.97 Å². The van der Waals surface area contributed by atoms with Gasteiger partial charge in [0.25, 0.3) is 0 Å². The van der Waals surface area contributed by atoms with Crippen LogP contribution in [0.4, 0.5) is 5.69 Å². The molecule has 1 aromatic heterocycles. The smallest absolute Gasteiger partial charge is 0.337 e. The first-order chi connectivity index (χ1) is 7.68. The standard InChI is InChI=1S/C11H9N3O2/c12-9-2-1-7(5-8(9)11(15)16)10-6-13-3-4-14-10/h1-6H,12H2,(H,15,16). The highest BCUT2D eigenvalue weighted by atomic mass is 16.4. The number of nitrogen functional groups attached to an aromatic ring is 1. The van der Waals surface area contributed by atoms with Gasteiger partial charge in [-0.05, 0) is 12.1 Å². The zero-order chi connectivity index (χ0) is 11.5. The van der Waals surface area contributed by atoms with Gasteiger partial charge in [0.15, 0.2) is 0 Å². The summed E-state index contributed by atoms with van der Waals surface area (Å²) in [5.74, 6) is -1.05. The first-order valence-corrected chi connectivity index (χ1v) is 4.57. The Balaban J connectivity index is 2.52. The summed E-state index contributed by atoms with van der Waals surface area (Å²) in [7, 11) is 0. The maximum Gasteiger partial charge on any atom is 0.337 e. The number of benzene rings is 1. The van der Waals surface area contributed by atoms with Gasteiger partial charge in [0.05, 0.1) is 17.5 Å². The summed E-state index contributed by atoms with van der Waals surface area (Å²) in [5, 5.41) is 8.92. The van der Waals surface area contributed by atoms with E-state index in [4.69, 9.17) is 10.8 Å². The molecule has 0 atom stereocenters. The fourth-order valence-electron chi connectivity index (χ4n) is 1.35. The third-order valence-corrected chi connectivity index (χ3v) is 2.14. The highest BCUT2D eigenvalue weighted by molar-refractivity contribution is 5.95. The molecular formula is C11H9N3O2. The molecule has 0 spiro atoms. The predicted molar refractivity (Wildman–Crippen MR) is 58.8 cm³/mol. The van der Waals surface area contributed by atoms with Crippen LogP contribution in [0.2, 0.25) is 0 Å². The Labute approximate surface area is 91.6 Å². The van der Waals surface area contributed by atoms with Crippen LogP contribution in [0.15, 0.2) is 36.8 Å². The molecule has 0 unspecified atom stereocenters. The Morgan fingerprint density at radius 3 is 2.75 bits per heavy atom. The fourth-order valence-corrected chi connectivity index (χ4v) is 1.35. The van der Waals surface area contributed by atoms with Crippen LogP contribution in [0.25, 0.3) is 11.3 Å². The second-order valence-corrected chi connectivity index (χ2v) is 3.20. The average molecular weight is 215 g/mol. The van der Waals surface area contributed by atoms with Gasteiger partial charge in [-0.15, -0.1) is 0 Å². The van der Waals surface area contributed by atoms with Crippen molar-refractivity contribution in [2.24, 2.45) is 0 Å². The molecule has 5 heteroatoms. The number of rotatable bonds is 2. The summed E-state index contributed by atoms with van der Waals surface area (Å²) < 4.78 is 0. The van der Waals surface area contributed by atoms with Crippen LogP contribution in [0.5, 0.6) is 0 Å². The van der Waals surface area contributed by atoms with Crippen molar-refractivity contribution in [2.45, 2.75) is 0 Å². The molecule has 0 aliphatic carbocycles. The molecule has 1 aromatic carbocycles. The van der Waals surface area contributed by atoms with Gasteiger partial charge in [-0.3, -0.25) is 9.97 Å². The van der Waals surface area contributed by atoms with Crippen molar-refractivity contribution >= 4 is 11.7 Å². The van der Waals surface area contributed by atoms with Crippen LogP contribution >= 0.6 is 0 Å². The van der Waals surface area contributed by atoms with Gasteiger partial charge in [-0.2, -0.15) is 0 Å². The van der Waals surface area contributed by atoms with Crippen LogP contribution in [0, 0.1) is 0 Å². The molecule has 0 saturated heterocycles. The summed E-state index contributed by atoms with van der Waals surface area (Å²) in [5.41, 5.74) is 7.16. The minimum Gasteiger partial charge on any atom is -0.478 e. The highest BCUT2D eigenvalue weighted by Gasteiger charge is 2.09. The normalized spacial score (nSPS) is 10.0. The van der Waals surface area contributed by atoms with E-state index in [2.05, 4.69) is 9.97 Å². The summed E-state index contributed by atoms with van der Waals surface area (Å²) >= 11 is 0. The van der Waals surface area contributed by atoms with E-state index in [9.17, 15) is 4.79 Å². The van der Waals surface area contributed by atoms with Crippen LogP contribution < -0.4 is 5.73 Å². The lowest BCUT2D eigenvalue weighted by Crippen LogP contribution is -2.02. The van der Waals surface area contributed by atoms with E-state index in [0.717, 1.165) is 0 Å². The fraction of sp³-hybridized carbons (Fsp3) is 0. The Kier molecular flexibility index (Phi) is 2.51. The third kappa shape index (κ3) is 1.83. The molecule has 0 aliphatic heterocycles. The van der Waals surface area contributed by atoms with E-state index in [1.807, 2.05) is 0 Å². The molecule has 1 heterocycles. The Hall–Kier alpha value is -2.43. The molecule has 0 bridgehead atoms. The minimum absolute atomic E-state index is 0.0724. The maximum absolute atomic E-state index is 10.9. The van der Waals surface area contributed by atoms with E-state index in [1.54, 1.807) is 30.7 Å². The first-order valence-electron chi connectivity index (χ1n) is 4.57. The number of hydrogen-bond donors (Lipinski definition) is 2. The highest BCUT2D eigenvalue weighted by Crippen LogP contribution is 2.21. The topological polar surface area (TPSA) is 89.1 Å². The molecule has 2 aromatic rings. The molecular weight excluding hydrogens is 206 g/mol. The Bertz CT molecular complexity index is 526. The van der Waals surface area contributed by atoms with Gasteiger partial charge >= 0.3 is 5.97 Å². The third-order valence-electron chi connectivity index (χ3n) is 2.14. The van der Waals surface area contributed by atoms with Gasteiger partial charge in [-0.1, -0.05) is 6.07 Å². The van der Waals surface area contributed by atoms with Crippen molar-refractivity contribution in [1.29, 1.82) is 0 Å². The second-order valence-electron chi connectivity index (χ2n) is 3.20. The summed E-state index contributed by atoms with van der Waals surface area (Å²) in [4.78, 5) is 18.9. The van der Waals surface area contributed by atoms with Crippen molar-refractivity contribution in [2.75, 3.05) is 5.73 Å². The number of carboxylic acid groups (broad SMARTS) is 1. The number of anilines is 1. The van der Waals surface area contributed by atoms with Crippen molar-refractivity contribution in [3.63, 3.8) is 0 Å². The Morgan fingerprint density at radius 1 is 1.31 bits per heavy atom. The number of aromatic carboxylic acids is 1. The molecule has 0 fully saturated rings. The number of hydrogen-bond acceptors (Lipinski definition) is 4. The van der Waals surface area contributed by atoms with E-state index >= 15 is 0 Å². The summed E-state index contributed by atoms with van der Waals surface area (Å²) in [6.45, 7) is 0. The molecule has 0 saturated carbocycles. The molecule has 16 heavy (non-hydrogen) atoms. The largest absolute Gasteiger partial charge is 0.478 e. The van der Waals surface area contributed by atoms with Crippen LogP contribution in [0.3, 0.4) is 0 Å². The zero-order valence-electron chi connectivity index (χ0n) is 8.29. The molecule has 3 N–H and O–H groups in total. The molecule has 0 aliphatic rings. The SMILES string of the molecule is Nc1ccc(-c2cnccn2)cc1C(=O)O. The molecule has 5 nitrogen and oxygen atoms in total. The number of carbonyl (C=O) groups is 1. The van der Waals surface area contributed by atoms with Gasteiger partial charge in [0, 0.05) is 23.6 Å². The lowest BCUT2D eigenvalue weighted by atomic mass is 10.1. The van der Waals surface area contributed by atoms with Crippen molar-refractivity contribution in [3.05, 3.63) is 42.4 Å². The molecule has 2 rings (SSSR count). The number of carboxylic acids is 1. The lowest BCUT2D eigenvalue weighted by molar-refractivity contribution is 0.0698. The maximum atomic E-state index is 10.9. The van der Waals surface area contributed by atoms with Crippen molar-refractivity contribution in [1.82, 2.24) is 9.97 Å².